The highest BCUT2D eigenvalue weighted by Crippen LogP contribution is 2.30. The summed E-state index contributed by atoms with van der Waals surface area (Å²) in [6, 6.07) is 9.70. The van der Waals surface area contributed by atoms with Crippen molar-refractivity contribution >= 4 is 23.3 Å². The van der Waals surface area contributed by atoms with Crippen molar-refractivity contribution in [2.24, 2.45) is 0 Å². The fourth-order valence-electron chi connectivity index (χ4n) is 2.62. The van der Waals surface area contributed by atoms with Gasteiger partial charge in [0.15, 0.2) is 5.69 Å². The average Bonchev–Trinajstić information content (AvgIpc) is 3.13. The second-order valence-corrected chi connectivity index (χ2v) is 6.67. The zero-order valence-electron chi connectivity index (χ0n) is 15.4. The van der Waals surface area contributed by atoms with E-state index >= 15 is 0 Å². The first-order valence-corrected chi connectivity index (χ1v) is 9.17. The molecule has 0 unspecified atom stereocenters. The summed E-state index contributed by atoms with van der Waals surface area (Å²) in [5.74, 6) is 0. The smallest absolute Gasteiger partial charge is 0.396 e. The number of aliphatic hydroxyl groups excluding tert-OH is 1. The minimum Gasteiger partial charge on any atom is -0.396 e. The van der Waals surface area contributed by atoms with Crippen molar-refractivity contribution in [2.45, 2.75) is 19.1 Å². The molecular formula is C19H17ClF3N5O2. The number of urea groups is 1. The van der Waals surface area contributed by atoms with Crippen molar-refractivity contribution in [3.63, 3.8) is 0 Å². The molecule has 2 heterocycles. The number of aromatic nitrogens is 3. The highest BCUT2D eigenvalue weighted by molar-refractivity contribution is 6.30. The van der Waals surface area contributed by atoms with Gasteiger partial charge in [-0.05, 0) is 36.4 Å². The number of amides is 2. The molecule has 0 spiro atoms. The Kier molecular flexibility index (Phi) is 6.58. The van der Waals surface area contributed by atoms with E-state index in [1.54, 1.807) is 30.3 Å². The number of benzene rings is 1. The Balaban J connectivity index is 1.73. The van der Waals surface area contributed by atoms with E-state index in [-0.39, 0.29) is 18.8 Å². The van der Waals surface area contributed by atoms with Crippen LogP contribution in [-0.2, 0) is 19.1 Å². The maximum Gasteiger partial charge on any atom is 0.435 e. The van der Waals surface area contributed by atoms with Crippen LogP contribution in [0.1, 0.15) is 17.1 Å². The zero-order chi connectivity index (χ0) is 21.7. The number of rotatable bonds is 6. The van der Waals surface area contributed by atoms with Crippen LogP contribution in [0.5, 0.6) is 0 Å². The second kappa shape index (κ2) is 9.14. The molecular weight excluding hydrogens is 423 g/mol. The van der Waals surface area contributed by atoms with Crippen molar-refractivity contribution in [1.29, 1.82) is 0 Å². The highest BCUT2D eigenvalue weighted by Gasteiger charge is 2.35. The molecule has 0 bridgehead atoms. The summed E-state index contributed by atoms with van der Waals surface area (Å²) in [6.45, 7) is -0.252. The third-order valence-electron chi connectivity index (χ3n) is 4.01. The van der Waals surface area contributed by atoms with Crippen LogP contribution in [0.3, 0.4) is 0 Å². The molecule has 11 heteroatoms. The van der Waals surface area contributed by atoms with Gasteiger partial charge in [-0.3, -0.25) is 4.98 Å². The lowest BCUT2D eigenvalue weighted by molar-refractivity contribution is -0.141. The van der Waals surface area contributed by atoms with Gasteiger partial charge < -0.3 is 15.7 Å². The predicted octanol–water partition coefficient (Wildman–Crippen LogP) is 3.80. The van der Waals surface area contributed by atoms with Crippen LogP contribution in [0.4, 0.5) is 23.7 Å². The molecule has 7 nitrogen and oxygen atoms in total. The summed E-state index contributed by atoms with van der Waals surface area (Å²) in [5.41, 5.74) is 0.431. The molecule has 3 aromatic rings. The van der Waals surface area contributed by atoms with Gasteiger partial charge >= 0.3 is 12.2 Å². The van der Waals surface area contributed by atoms with Crippen molar-refractivity contribution in [1.82, 2.24) is 20.1 Å². The summed E-state index contributed by atoms with van der Waals surface area (Å²) in [7, 11) is 0. The maximum atomic E-state index is 13.1. The average molecular weight is 440 g/mol. The van der Waals surface area contributed by atoms with Gasteiger partial charge in [0, 0.05) is 23.7 Å². The van der Waals surface area contributed by atoms with Crippen LogP contribution in [0, 0.1) is 0 Å². The number of hydrogen-bond acceptors (Lipinski definition) is 4. The number of hydrogen-bond donors (Lipinski definition) is 3. The quantitative estimate of drug-likeness (QED) is 0.545. The third kappa shape index (κ3) is 5.49. The summed E-state index contributed by atoms with van der Waals surface area (Å²) in [4.78, 5) is 16.2. The Labute approximate surface area is 174 Å². The number of carbonyl (C=O) groups is 1. The van der Waals surface area contributed by atoms with Crippen LogP contribution in [0.25, 0.3) is 5.69 Å². The lowest BCUT2D eigenvalue weighted by Crippen LogP contribution is -2.29. The van der Waals surface area contributed by atoms with Crippen molar-refractivity contribution in [3.8, 4) is 5.69 Å². The van der Waals surface area contributed by atoms with E-state index in [0.29, 0.717) is 28.5 Å². The van der Waals surface area contributed by atoms with E-state index in [1.807, 2.05) is 0 Å². The number of halogens is 4. The number of anilines is 1. The van der Waals surface area contributed by atoms with E-state index in [9.17, 15) is 18.0 Å². The molecule has 0 fully saturated rings. The lowest BCUT2D eigenvalue weighted by Gasteiger charge is -2.10. The number of alkyl halides is 3. The van der Waals surface area contributed by atoms with E-state index < -0.39 is 17.9 Å². The minimum absolute atomic E-state index is 0.0412. The number of nitrogens with zero attached hydrogens (tertiary/aromatic N) is 3. The zero-order valence-corrected chi connectivity index (χ0v) is 16.2. The van der Waals surface area contributed by atoms with E-state index in [4.69, 9.17) is 16.7 Å². The highest BCUT2D eigenvalue weighted by atomic mass is 35.5. The van der Waals surface area contributed by atoms with Gasteiger partial charge in [-0.2, -0.15) is 18.3 Å². The van der Waals surface area contributed by atoms with Gasteiger partial charge in [-0.1, -0.05) is 17.7 Å². The summed E-state index contributed by atoms with van der Waals surface area (Å²) in [6.07, 6.45) is -2.83. The first-order chi connectivity index (χ1) is 14.3. The van der Waals surface area contributed by atoms with E-state index in [0.717, 1.165) is 10.7 Å². The molecule has 1 aromatic carbocycles. The normalized spacial score (nSPS) is 11.4. The number of aliphatic hydroxyl groups is 1. The van der Waals surface area contributed by atoms with Crippen LogP contribution in [0.15, 0.2) is 48.7 Å². The molecule has 2 amide bonds. The van der Waals surface area contributed by atoms with Gasteiger partial charge in [0.05, 0.1) is 29.8 Å². The molecule has 0 saturated carbocycles. The molecule has 0 radical (unpaired) electrons. The third-order valence-corrected chi connectivity index (χ3v) is 4.24. The van der Waals surface area contributed by atoms with E-state index in [1.165, 1.54) is 12.3 Å². The fraction of sp³-hybridized carbons (Fsp3) is 0.211. The first kappa shape index (κ1) is 21.6. The Morgan fingerprint density at radius 2 is 2.00 bits per heavy atom. The molecule has 3 N–H and O–H groups in total. The van der Waals surface area contributed by atoms with Crippen LogP contribution >= 0.6 is 11.6 Å². The summed E-state index contributed by atoms with van der Waals surface area (Å²) < 4.78 is 40.5. The van der Waals surface area contributed by atoms with Gasteiger partial charge in [-0.15, -0.1) is 0 Å². The second-order valence-electron chi connectivity index (χ2n) is 6.23. The largest absolute Gasteiger partial charge is 0.435 e. The van der Waals surface area contributed by atoms with Gasteiger partial charge in [0.2, 0.25) is 0 Å². The van der Waals surface area contributed by atoms with Gasteiger partial charge in [-0.25, -0.2) is 9.48 Å². The monoisotopic (exact) mass is 439 g/mol. The SMILES string of the molecule is O=C(NCc1cc(C(F)(F)F)nn1-c1cccc(Cl)c1)Nc1ccc(CCO)nc1. The van der Waals surface area contributed by atoms with Crippen LogP contribution in [-0.4, -0.2) is 32.5 Å². The Morgan fingerprint density at radius 1 is 1.20 bits per heavy atom. The van der Waals surface area contributed by atoms with Crippen LogP contribution in [0.2, 0.25) is 5.02 Å². The van der Waals surface area contributed by atoms with Crippen molar-refractivity contribution in [2.75, 3.05) is 11.9 Å². The minimum atomic E-state index is -4.64. The van der Waals surface area contributed by atoms with E-state index in [2.05, 4.69) is 20.7 Å². The predicted molar refractivity (Wildman–Crippen MR) is 104 cm³/mol. The molecule has 0 saturated heterocycles. The molecule has 158 valence electrons. The van der Waals surface area contributed by atoms with Gasteiger partial charge in [0.25, 0.3) is 0 Å². The maximum absolute atomic E-state index is 13.1. The topological polar surface area (TPSA) is 92.1 Å². The molecule has 0 aliphatic heterocycles. The molecule has 0 aliphatic rings. The molecule has 2 aromatic heterocycles. The number of nitrogens with one attached hydrogen (secondary N) is 2. The van der Waals surface area contributed by atoms with Crippen LogP contribution < -0.4 is 10.6 Å². The number of pyridine rings is 1. The molecule has 30 heavy (non-hydrogen) atoms. The Hall–Kier alpha value is -3.11. The molecule has 0 atom stereocenters. The first-order valence-electron chi connectivity index (χ1n) is 8.79. The fourth-order valence-corrected chi connectivity index (χ4v) is 2.81. The lowest BCUT2D eigenvalue weighted by atomic mass is 10.3. The Bertz CT molecular complexity index is 1020. The van der Waals surface area contributed by atoms with Crippen molar-refractivity contribution in [3.05, 3.63) is 70.8 Å². The molecule has 3 rings (SSSR count). The van der Waals surface area contributed by atoms with Gasteiger partial charge in [0.1, 0.15) is 0 Å². The summed E-state index contributed by atoms with van der Waals surface area (Å²) >= 11 is 5.93. The number of carbonyl (C=O) groups excluding carboxylic acids is 1. The Morgan fingerprint density at radius 3 is 2.63 bits per heavy atom. The summed E-state index contributed by atoms with van der Waals surface area (Å²) in [5, 5.41) is 17.9. The molecule has 0 aliphatic carbocycles. The van der Waals surface area contributed by atoms with Crippen molar-refractivity contribution < 1.29 is 23.1 Å². The standard InChI is InChI=1S/C19H17ClF3N5O2/c20-12-2-1-3-15(8-12)28-16(9-17(27-28)19(21,22)23)11-25-18(30)26-14-5-4-13(6-7-29)24-10-14/h1-5,8-10,29H,6-7,11H2,(H2,25,26,30).